The van der Waals surface area contributed by atoms with E-state index in [1.807, 2.05) is 60.8 Å². The van der Waals surface area contributed by atoms with E-state index in [1.165, 1.54) is 0 Å². The van der Waals surface area contributed by atoms with Gasteiger partial charge >= 0.3 is 0 Å². The van der Waals surface area contributed by atoms with E-state index in [9.17, 15) is 0 Å². The van der Waals surface area contributed by atoms with Crippen molar-refractivity contribution in [3.8, 4) is 67.3 Å². The molecule has 0 aliphatic carbocycles. The average molecular weight is 718 g/mol. The monoisotopic (exact) mass is 717 g/mol. The van der Waals surface area contributed by atoms with Gasteiger partial charge in [0.25, 0.3) is 0 Å². The largest absolute Gasteiger partial charge is 0.456 e. The summed E-state index contributed by atoms with van der Waals surface area (Å²) in [6.07, 6.45) is 3.69. The Labute approximate surface area is 322 Å². The molecule has 0 amide bonds. The smallest absolute Gasteiger partial charge is 0.160 e. The minimum absolute atomic E-state index is 0.651. The zero-order chi connectivity index (χ0) is 37.0. The highest BCUT2D eigenvalue weighted by Gasteiger charge is 2.21. The first-order valence-corrected chi connectivity index (χ1v) is 18.7. The Hall–Kier alpha value is -7.63. The number of furan rings is 2. The van der Waals surface area contributed by atoms with E-state index in [0.717, 1.165) is 105 Å². The van der Waals surface area contributed by atoms with Crippen LogP contribution in [0.1, 0.15) is 0 Å². The van der Waals surface area contributed by atoms with E-state index in [4.69, 9.17) is 18.8 Å². The average Bonchev–Trinajstić information content (AvgIpc) is 3.86. The molecule has 11 rings (SSSR count). The van der Waals surface area contributed by atoms with Gasteiger partial charge < -0.3 is 8.83 Å². The van der Waals surface area contributed by atoms with Crippen LogP contribution in [0.3, 0.4) is 0 Å². The van der Waals surface area contributed by atoms with Crippen molar-refractivity contribution in [3.63, 3.8) is 0 Å². The van der Waals surface area contributed by atoms with Gasteiger partial charge in [0.15, 0.2) is 5.82 Å². The fraction of sp³-hybridized carbons (Fsp3) is 0. The van der Waals surface area contributed by atoms with Crippen LogP contribution in [0.2, 0.25) is 0 Å². The summed E-state index contributed by atoms with van der Waals surface area (Å²) in [5.74, 6) is 0.651. The molecule has 0 N–H and O–H groups in total. The lowest BCUT2D eigenvalue weighted by atomic mass is 9.92. The van der Waals surface area contributed by atoms with Gasteiger partial charge in [0.1, 0.15) is 22.3 Å². The number of para-hydroxylation sites is 2. The van der Waals surface area contributed by atoms with Crippen LogP contribution < -0.4 is 0 Å². The van der Waals surface area contributed by atoms with Crippen molar-refractivity contribution in [3.05, 3.63) is 188 Å². The second kappa shape index (κ2) is 13.0. The summed E-state index contributed by atoms with van der Waals surface area (Å²) >= 11 is 0. The molecule has 0 fully saturated rings. The van der Waals surface area contributed by atoms with Crippen molar-refractivity contribution in [2.45, 2.75) is 0 Å². The molecule has 7 aromatic carbocycles. The Bertz CT molecular complexity index is 3240. The normalized spacial score (nSPS) is 11.6. The maximum absolute atomic E-state index is 6.72. The molecule has 0 saturated heterocycles. The molecule has 0 radical (unpaired) electrons. The molecule has 0 saturated carbocycles. The van der Waals surface area contributed by atoms with Crippen molar-refractivity contribution in [1.82, 2.24) is 15.0 Å². The Morgan fingerprint density at radius 2 is 0.964 bits per heavy atom. The fourth-order valence-electron chi connectivity index (χ4n) is 8.03. The van der Waals surface area contributed by atoms with Crippen molar-refractivity contribution >= 4 is 43.9 Å². The summed E-state index contributed by atoms with van der Waals surface area (Å²) in [4.78, 5) is 14.7. The SMILES string of the molecule is c1ccc(-c2cc(-c3ccccc3-c3cccnc3)nc(-c3ccc(-c4ccc(-c5cccc6oc7ccccc7c56)c5c4oc4ccccc45)cc3)n2)cc1. The minimum Gasteiger partial charge on any atom is -0.456 e. The van der Waals surface area contributed by atoms with E-state index in [0.29, 0.717) is 5.82 Å². The number of nitrogens with zero attached hydrogens (tertiary/aromatic N) is 3. The molecule has 5 nitrogen and oxygen atoms in total. The predicted molar refractivity (Wildman–Crippen MR) is 227 cm³/mol. The first kappa shape index (κ1) is 31.9. The summed E-state index contributed by atoms with van der Waals surface area (Å²) in [5, 5.41) is 4.36. The Morgan fingerprint density at radius 3 is 1.77 bits per heavy atom. The lowest BCUT2D eigenvalue weighted by molar-refractivity contribution is 0.668. The number of benzene rings is 7. The zero-order valence-corrected chi connectivity index (χ0v) is 30.1. The van der Waals surface area contributed by atoms with Crippen molar-refractivity contribution in [2.75, 3.05) is 0 Å². The van der Waals surface area contributed by atoms with Crippen LogP contribution in [0.15, 0.2) is 197 Å². The molecule has 0 unspecified atom stereocenters. The van der Waals surface area contributed by atoms with Crippen LogP contribution in [0, 0.1) is 0 Å². The molecular weight excluding hydrogens is 687 g/mol. The van der Waals surface area contributed by atoms with Crippen LogP contribution in [0.4, 0.5) is 0 Å². The summed E-state index contributed by atoms with van der Waals surface area (Å²) < 4.78 is 13.0. The summed E-state index contributed by atoms with van der Waals surface area (Å²) in [5.41, 5.74) is 14.5. The maximum Gasteiger partial charge on any atom is 0.160 e. The van der Waals surface area contributed by atoms with Crippen LogP contribution >= 0.6 is 0 Å². The number of fused-ring (bicyclic) bond motifs is 6. The molecule has 0 bridgehead atoms. The minimum atomic E-state index is 0.651. The zero-order valence-electron chi connectivity index (χ0n) is 30.1. The highest BCUT2D eigenvalue weighted by atomic mass is 16.3. The molecule has 5 heteroatoms. The Morgan fingerprint density at radius 1 is 0.357 bits per heavy atom. The van der Waals surface area contributed by atoms with Crippen LogP contribution in [-0.2, 0) is 0 Å². The molecule has 0 aliphatic rings. The van der Waals surface area contributed by atoms with E-state index in [2.05, 4.69) is 126 Å². The molecule has 4 heterocycles. The van der Waals surface area contributed by atoms with Crippen LogP contribution in [0.25, 0.3) is 111 Å². The van der Waals surface area contributed by atoms with Gasteiger partial charge in [0, 0.05) is 61.8 Å². The third-order valence-electron chi connectivity index (χ3n) is 10.6. The number of aromatic nitrogens is 3. The Balaban J connectivity index is 1.05. The molecule has 4 aromatic heterocycles. The van der Waals surface area contributed by atoms with Crippen molar-refractivity contribution < 1.29 is 8.83 Å². The molecule has 262 valence electrons. The first-order chi connectivity index (χ1) is 27.8. The van der Waals surface area contributed by atoms with E-state index < -0.39 is 0 Å². The molecule has 0 aliphatic heterocycles. The second-order valence-corrected chi connectivity index (χ2v) is 13.9. The quantitative estimate of drug-likeness (QED) is 0.171. The third-order valence-corrected chi connectivity index (χ3v) is 10.6. The van der Waals surface area contributed by atoms with E-state index >= 15 is 0 Å². The lowest BCUT2D eigenvalue weighted by Crippen LogP contribution is -1.97. The van der Waals surface area contributed by atoms with Gasteiger partial charge in [-0.3, -0.25) is 4.98 Å². The lowest BCUT2D eigenvalue weighted by Gasteiger charge is -2.13. The summed E-state index contributed by atoms with van der Waals surface area (Å²) in [6.45, 7) is 0. The predicted octanol–water partition coefficient (Wildman–Crippen LogP) is 13.7. The van der Waals surface area contributed by atoms with Gasteiger partial charge in [-0.15, -0.1) is 0 Å². The summed E-state index contributed by atoms with van der Waals surface area (Å²) in [6, 6.07) is 60.4. The highest BCUT2D eigenvalue weighted by Crippen LogP contribution is 2.45. The van der Waals surface area contributed by atoms with Crippen molar-refractivity contribution in [1.29, 1.82) is 0 Å². The van der Waals surface area contributed by atoms with Crippen LogP contribution in [-0.4, -0.2) is 15.0 Å². The van der Waals surface area contributed by atoms with Gasteiger partial charge in [0.05, 0.1) is 11.4 Å². The topological polar surface area (TPSA) is 65.0 Å². The van der Waals surface area contributed by atoms with Crippen molar-refractivity contribution in [2.24, 2.45) is 0 Å². The van der Waals surface area contributed by atoms with Gasteiger partial charge in [-0.25, -0.2) is 9.97 Å². The molecule has 11 aromatic rings. The van der Waals surface area contributed by atoms with Gasteiger partial charge in [-0.2, -0.15) is 0 Å². The standard InChI is InChI=1S/C51H31N3O2/c1-2-12-33(13-3-1)43-30-44(38-16-5-4-15-36(38)35-14-11-29-52-31-35)54-51(53-43)34-25-23-32(24-26-34)37-27-28-40(49-42-18-7-9-21-46(42)56-50(37)49)39-19-10-22-47-48(39)41-17-6-8-20-45(41)55-47/h1-31H. The van der Waals surface area contributed by atoms with Gasteiger partial charge in [-0.05, 0) is 58.7 Å². The number of rotatable bonds is 6. The Kier molecular flexibility index (Phi) is 7.42. The third kappa shape index (κ3) is 5.29. The summed E-state index contributed by atoms with van der Waals surface area (Å²) in [7, 11) is 0. The van der Waals surface area contributed by atoms with Gasteiger partial charge in [0.2, 0.25) is 0 Å². The molecule has 56 heavy (non-hydrogen) atoms. The molecular formula is C51H31N3O2. The van der Waals surface area contributed by atoms with Crippen LogP contribution in [0.5, 0.6) is 0 Å². The van der Waals surface area contributed by atoms with Gasteiger partial charge in [-0.1, -0.05) is 140 Å². The fourth-order valence-corrected chi connectivity index (χ4v) is 8.03. The first-order valence-electron chi connectivity index (χ1n) is 18.7. The number of pyridine rings is 1. The maximum atomic E-state index is 6.72. The highest BCUT2D eigenvalue weighted by molar-refractivity contribution is 6.21. The number of hydrogen-bond acceptors (Lipinski definition) is 5. The molecule has 0 atom stereocenters. The second-order valence-electron chi connectivity index (χ2n) is 13.9. The molecule has 0 spiro atoms. The van der Waals surface area contributed by atoms with E-state index in [1.54, 1.807) is 6.20 Å². The van der Waals surface area contributed by atoms with E-state index in [-0.39, 0.29) is 0 Å². The number of hydrogen-bond donors (Lipinski definition) is 0.